The van der Waals surface area contributed by atoms with Gasteiger partial charge in [0.2, 0.25) is 0 Å². The summed E-state index contributed by atoms with van der Waals surface area (Å²) in [7, 11) is -3.47. The zero-order chi connectivity index (χ0) is 13.7. The van der Waals surface area contributed by atoms with Crippen molar-refractivity contribution in [2.75, 3.05) is 13.2 Å². The Balaban J connectivity index is 4.97. The van der Waals surface area contributed by atoms with Crippen LogP contribution in [0.5, 0.6) is 0 Å². The Morgan fingerprint density at radius 2 is 1.00 bits per heavy atom. The van der Waals surface area contributed by atoms with Crippen LogP contribution in [-0.2, 0) is 30.8 Å². The van der Waals surface area contributed by atoms with Gasteiger partial charge in [-0.1, -0.05) is 0 Å². The maximum atomic E-state index is 6.18. The van der Waals surface area contributed by atoms with Gasteiger partial charge in [-0.2, -0.15) is 0 Å². The minimum absolute atomic E-state index is 0.578. The molecule has 7 heteroatoms. The van der Waals surface area contributed by atoms with Gasteiger partial charge in [-0.25, -0.2) is 0 Å². The fourth-order valence-electron chi connectivity index (χ4n) is 1.28. The van der Waals surface area contributed by atoms with Gasteiger partial charge in [0.25, 0.3) is 0 Å². The molecule has 0 unspecified atom stereocenters. The second-order valence-electron chi connectivity index (χ2n) is 5.79. The van der Waals surface area contributed by atoms with Gasteiger partial charge in [-0.05, 0) is 0 Å². The Hall–Kier alpha value is 0.988. The number of hydrogen-bond donors (Lipinski definition) is 0. The molecule has 0 aromatic carbocycles. The van der Waals surface area contributed by atoms with Gasteiger partial charge in [0.15, 0.2) is 0 Å². The van der Waals surface area contributed by atoms with Crippen molar-refractivity contribution in [3.05, 3.63) is 0 Å². The van der Waals surface area contributed by atoms with Gasteiger partial charge >= 0.3 is 114 Å². The molecular formula is C10H28O4Si2Ti. The van der Waals surface area contributed by atoms with E-state index < -0.39 is 34.8 Å². The zero-order valence-electron chi connectivity index (χ0n) is 12.5. The van der Waals surface area contributed by atoms with Crippen LogP contribution in [0.3, 0.4) is 0 Å². The zero-order valence-corrected chi connectivity index (χ0v) is 16.1. The molecule has 0 N–H and O–H groups in total. The molecule has 0 amide bonds. The summed E-state index contributed by atoms with van der Waals surface area (Å²) in [6.07, 6.45) is 0. The molecule has 17 heavy (non-hydrogen) atoms. The van der Waals surface area contributed by atoms with Crippen LogP contribution >= 0.6 is 0 Å². The van der Waals surface area contributed by atoms with Crippen LogP contribution in [0, 0.1) is 0 Å². The summed E-state index contributed by atoms with van der Waals surface area (Å²) >= 11 is -3.52. The summed E-state index contributed by atoms with van der Waals surface area (Å²) in [6, 6.07) is 0. The van der Waals surface area contributed by atoms with E-state index in [0.717, 1.165) is 0 Å². The summed E-state index contributed by atoms with van der Waals surface area (Å²) in [5.41, 5.74) is 0. The molecule has 0 bridgehead atoms. The van der Waals surface area contributed by atoms with Crippen molar-refractivity contribution in [3.8, 4) is 0 Å². The Bertz CT molecular complexity index is 201. The molecule has 0 saturated carbocycles. The first-order chi connectivity index (χ1) is 7.54. The average molecular weight is 316 g/mol. The van der Waals surface area contributed by atoms with Crippen LogP contribution < -0.4 is 0 Å². The summed E-state index contributed by atoms with van der Waals surface area (Å²) in [4.78, 5) is 0. The van der Waals surface area contributed by atoms with Crippen LogP contribution in [0.1, 0.15) is 13.8 Å². The molecule has 0 saturated heterocycles. The van der Waals surface area contributed by atoms with Crippen molar-refractivity contribution in [2.45, 2.75) is 53.1 Å². The average Bonchev–Trinajstić information content (AvgIpc) is 1.96. The Morgan fingerprint density at radius 3 is 1.18 bits per heavy atom. The van der Waals surface area contributed by atoms with Gasteiger partial charge in [-0.3, -0.25) is 0 Å². The van der Waals surface area contributed by atoms with E-state index in [1.54, 1.807) is 0 Å². The van der Waals surface area contributed by atoms with Crippen LogP contribution in [0.15, 0.2) is 0 Å². The molecule has 0 spiro atoms. The van der Waals surface area contributed by atoms with Crippen molar-refractivity contribution < 1.29 is 30.8 Å². The van der Waals surface area contributed by atoms with E-state index in [-0.39, 0.29) is 0 Å². The molecule has 4 nitrogen and oxygen atoms in total. The van der Waals surface area contributed by atoms with Crippen LogP contribution in [0.4, 0.5) is 0 Å². The van der Waals surface area contributed by atoms with Gasteiger partial charge < -0.3 is 0 Å². The van der Waals surface area contributed by atoms with Gasteiger partial charge in [-0.15, -0.1) is 0 Å². The van der Waals surface area contributed by atoms with Crippen molar-refractivity contribution in [1.82, 2.24) is 0 Å². The summed E-state index contributed by atoms with van der Waals surface area (Å²) in [5, 5.41) is 0. The molecule has 0 atom stereocenters. The fraction of sp³-hybridized carbons (Fsp3) is 1.00. The first-order valence-corrected chi connectivity index (χ1v) is 15.6. The quantitative estimate of drug-likeness (QED) is 0.642. The Morgan fingerprint density at radius 1 is 0.706 bits per heavy atom. The number of hydrogen-bond acceptors (Lipinski definition) is 4. The molecule has 0 aromatic rings. The van der Waals surface area contributed by atoms with Crippen molar-refractivity contribution in [1.29, 1.82) is 0 Å². The van der Waals surface area contributed by atoms with E-state index >= 15 is 0 Å². The Labute approximate surface area is 114 Å². The van der Waals surface area contributed by atoms with Gasteiger partial charge in [0.1, 0.15) is 0 Å². The predicted molar refractivity (Wildman–Crippen MR) is 72.1 cm³/mol. The van der Waals surface area contributed by atoms with E-state index in [2.05, 4.69) is 39.3 Å². The molecule has 0 aliphatic rings. The predicted octanol–water partition coefficient (Wildman–Crippen LogP) is 3.58. The minimum atomic E-state index is -3.52. The second-order valence-corrected chi connectivity index (χ2v) is 19.0. The van der Waals surface area contributed by atoms with E-state index in [1.807, 2.05) is 13.8 Å². The van der Waals surface area contributed by atoms with E-state index in [4.69, 9.17) is 12.7 Å². The van der Waals surface area contributed by atoms with Crippen molar-refractivity contribution >= 4 is 16.6 Å². The van der Waals surface area contributed by atoms with Crippen molar-refractivity contribution in [2.24, 2.45) is 0 Å². The molecule has 0 rings (SSSR count). The molecule has 0 aromatic heterocycles. The third-order valence-corrected chi connectivity index (χ3v) is 13.3. The van der Waals surface area contributed by atoms with Crippen LogP contribution in [0.2, 0.25) is 39.3 Å². The van der Waals surface area contributed by atoms with Crippen LogP contribution in [0.25, 0.3) is 0 Å². The number of rotatable bonds is 8. The Kier molecular flexibility index (Phi) is 7.36. The monoisotopic (exact) mass is 316 g/mol. The first kappa shape index (κ1) is 18.0. The normalized spacial score (nSPS) is 14.1. The van der Waals surface area contributed by atoms with Gasteiger partial charge in [0, 0.05) is 0 Å². The van der Waals surface area contributed by atoms with E-state index in [1.165, 1.54) is 0 Å². The molecule has 0 heterocycles. The second kappa shape index (κ2) is 6.95. The maximum absolute atomic E-state index is 6.18. The summed E-state index contributed by atoms with van der Waals surface area (Å²) < 4.78 is 24.0. The standard InChI is InChI=1S/2C3H9OSi.2C2H5O.Ti/c2*1-5(2,3)4;2*1-2-3;/h2*1-3H3;2*2H2,1H3;/q4*-1;+4. The third kappa shape index (κ3) is 8.66. The summed E-state index contributed by atoms with van der Waals surface area (Å²) in [6.45, 7) is 17.9. The van der Waals surface area contributed by atoms with Crippen molar-refractivity contribution in [3.63, 3.8) is 0 Å². The van der Waals surface area contributed by atoms with Gasteiger partial charge in [0.05, 0.1) is 0 Å². The molecular weight excluding hydrogens is 288 g/mol. The van der Waals surface area contributed by atoms with Crippen LogP contribution in [-0.4, -0.2) is 29.8 Å². The van der Waals surface area contributed by atoms with E-state index in [0.29, 0.717) is 13.2 Å². The molecule has 0 aliphatic carbocycles. The SMILES string of the molecule is CC[O][Ti]([O]CC)([O][Si](C)(C)C)[O][Si](C)(C)C. The first-order valence-electron chi connectivity index (χ1n) is 6.22. The fourth-order valence-corrected chi connectivity index (χ4v) is 13.1. The topological polar surface area (TPSA) is 36.9 Å². The third-order valence-electron chi connectivity index (χ3n) is 1.50. The molecule has 0 radical (unpaired) electrons. The summed E-state index contributed by atoms with van der Waals surface area (Å²) in [5.74, 6) is 0. The molecule has 104 valence electrons. The van der Waals surface area contributed by atoms with E-state index in [9.17, 15) is 0 Å². The molecule has 0 aliphatic heterocycles. The molecule has 0 fully saturated rings.